The lowest BCUT2D eigenvalue weighted by atomic mass is 10.1. The van der Waals surface area contributed by atoms with Gasteiger partial charge in [0, 0.05) is 24.6 Å². The zero-order valence-corrected chi connectivity index (χ0v) is 15.7. The summed E-state index contributed by atoms with van der Waals surface area (Å²) >= 11 is 0. The van der Waals surface area contributed by atoms with E-state index >= 15 is 0 Å². The fourth-order valence-electron chi connectivity index (χ4n) is 2.69. The number of anilines is 1. The smallest absolute Gasteiger partial charge is 0.306 e. The fourth-order valence-corrected chi connectivity index (χ4v) is 2.69. The van der Waals surface area contributed by atoms with Crippen LogP contribution in [0.2, 0.25) is 0 Å². The van der Waals surface area contributed by atoms with Crippen molar-refractivity contribution in [2.75, 3.05) is 32.2 Å². The second kappa shape index (κ2) is 9.64. The van der Waals surface area contributed by atoms with Gasteiger partial charge in [0.25, 0.3) is 5.91 Å². The summed E-state index contributed by atoms with van der Waals surface area (Å²) in [7, 11) is 1.60. The highest BCUT2D eigenvalue weighted by molar-refractivity contribution is 5.93. The number of methoxy groups -OCH3 is 1. The molecule has 0 saturated heterocycles. The average Bonchev–Trinajstić information content (AvgIpc) is 2.96. The number of ether oxygens (including phenoxy) is 4. The number of rotatable bonds is 7. The molecule has 2 aromatic rings. The summed E-state index contributed by atoms with van der Waals surface area (Å²) < 4.78 is 21.3. The molecule has 0 fully saturated rings. The van der Waals surface area contributed by atoms with Gasteiger partial charge in [-0.05, 0) is 36.2 Å². The second-order valence-electron chi connectivity index (χ2n) is 6.27. The van der Waals surface area contributed by atoms with E-state index < -0.39 is 11.9 Å². The van der Waals surface area contributed by atoms with Crippen LogP contribution in [0, 0.1) is 0 Å². The third kappa shape index (κ3) is 5.64. The van der Waals surface area contributed by atoms with Crippen LogP contribution in [0.1, 0.15) is 18.4 Å². The number of hydrogen-bond acceptors (Lipinski definition) is 6. The van der Waals surface area contributed by atoms with E-state index in [4.69, 9.17) is 18.9 Å². The Morgan fingerprint density at radius 1 is 1.04 bits per heavy atom. The van der Waals surface area contributed by atoms with Crippen LogP contribution in [0.3, 0.4) is 0 Å². The monoisotopic (exact) mass is 385 g/mol. The summed E-state index contributed by atoms with van der Waals surface area (Å²) in [5.41, 5.74) is 1.55. The molecule has 3 rings (SSSR count). The molecule has 1 aliphatic heterocycles. The summed E-state index contributed by atoms with van der Waals surface area (Å²) in [6.45, 7) is 0.831. The molecule has 0 saturated carbocycles. The largest absolute Gasteiger partial charge is 0.497 e. The van der Waals surface area contributed by atoms with E-state index in [1.807, 2.05) is 24.3 Å². The van der Waals surface area contributed by atoms with Gasteiger partial charge in [-0.15, -0.1) is 0 Å². The minimum atomic E-state index is -0.426. The maximum atomic E-state index is 12.0. The minimum absolute atomic E-state index is 0.198. The number of fused-ring (bicyclic) bond motifs is 1. The van der Waals surface area contributed by atoms with Crippen molar-refractivity contribution in [1.29, 1.82) is 0 Å². The summed E-state index contributed by atoms with van der Waals surface area (Å²) in [5, 5.41) is 2.69. The molecule has 2 aromatic carbocycles. The van der Waals surface area contributed by atoms with Gasteiger partial charge < -0.3 is 24.3 Å². The highest BCUT2D eigenvalue weighted by Crippen LogP contribution is 2.32. The number of benzene rings is 2. The van der Waals surface area contributed by atoms with Gasteiger partial charge in [0.1, 0.15) is 5.75 Å². The van der Waals surface area contributed by atoms with Gasteiger partial charge in [-0.1, -0.05) is 12.1 Å². The molecule has 0 atom stereocenters. The molecule has 1 amide bonds. The van der Waals surface area contributed by atoms with E-state index in [0.29, 0.717) is 36.8 Å². The van der Waals surface area contributed by atoms with Crippen molar-refractivity contribution in [3.63, 3.8) is 0 Å². The molecule has 0 unspecified atom stereocenters. The Labute approximate surface area is 163 Å². The van der Waals surface area contributed by atoms with Gasteiger partial charge in [0.05, 0.1) is 20.3 Å². The maximum Gasteiger partial charge on any atom is 0.306 e. The van der Waals surface area contributed by atoms with Crippen LogP contribution < -0.4 is 19.5 Å². The van der Waals surface area contributed by atoms with Crippen LogP contribution in [0.5, 0.6) is 17.2 Å². The van der Waals surface area contributed by atoms with E-state index in [9.17, 15) is 9.59 Å². The number of esters is 1. The van der Waals surface area contributed by atoms with Crippen molar-refractivity contribution in [3.05, 3.63) is 48.0 Å². The molecule has 7 heteroatoms. The number of carbonyl (C=O) groups excluding carboxylic acids is 2. The SMILES string of the molecule is COc1ccc(CCC(=O)OCC(=O)Nc2ccc3c(c2)OCCCO3)cc1. The van der Waals surface area contributed by atoms with Gasteiger partial charge in [-0.2, -0.15) is 0 Å². The number of carbonyl (C=O) groups is 2. The molecule has 148 valence electrons. The summed E-state index contributed by atoms with van der Waals surface area (Å²) in [6.07, 6.45) is 1.54. The minimum Gasteiger partial charge on any atom is -0.497 e. The van der Waals surface area contributed by atoms with Crippen LogP contribution in [0.15, 0.2) is 42.5 Å². The lowest BCUT2D eigenvalue weighted by Crippen LogP contribution is -2.21. The van der Waals surface area contributed by atoms with E-state index in [1.54, 1.807) is 25.3 Å². The Balaban J connectivity index is 1.42. The van der Waals surface area contributed by atoms with Crippen LogP contribution in [-0.4, -0.2) is 38.8 Å². The molecule has 28 heavy (non-hydrogen) atoms. The first-order valence-electron chi connectivity index (χ1n) is 9.12. The summed E-state index contributed by atoms with van der Waals surface area (Å²) in [6, 6.07) is 12.6. The molecule has 0 aromatic heterocycles. The second-order valence-corrected chi connectivity index (χ2v) is 6.27. The van der Waals surface area contributed by atoms with Crippen molar-refractivity contribution >= 4 is 17.6 Å². The average molecular weight is 385 g/mol. The first kappa shape index (κ1) is 19.5. The molecule has 0 spiro atoms. The molecular formula is C21H23NO6. The molecule has 0 aliphatic carbocycles. The quantitative estimate of drug-likeness (QED) is 0.738. The van der Waals surface area contributed by atoms with Gasteiger partial charge in [0.2, 0.25) is 0 Å². The van der Waals surface area contributed by atoms with Crippen molar-refractivity contribution in [1.82, 2.24) is 0 Å². The van der Waals surface area contributed by atoms with Gasteiger partial charge >= 0.3 is 5.97 Å². The number of amides is 1. The number of nitrogens with one attached hydrogen (secondary N) is 1. The van der Waals surface area contributed by atoms with Gasteiger partial charge in [0.15, 0.2) is 18.1 Å². The predicted molar refractivity (Wildman–Crippen MR) is 103 cm³/mol. The highest BCUT2D eigenvalue weighted by atomic mass is 16.5. The van der Waals surface area contributed by atoms with Gasteiger partial charge in [-0.3, -0.25) is 9.59 Å². The molecule has 1 aliphatic rings. The molecule has 0 radical (unpaired) electrons. The molecule has 1 heterocycles. The Hall–Kier alpha value is -3.22. The first-order valence-corrected chi connectivity index (χ1v) is 9.12. The first-order chi connectivity index (χ1) is 13.6. The zero-order chi connectivity index (χ0) is 19.8. The molecule has 1 N–H and O–H groups in total. The zero-order valence-electron chi connectivity index (χ0n) is 15.7. The fraction of sp³-hybridized carbons (Fsp3) is 0.333. The Kier molecular flexibility index (Phi) is 6.73. The molecule has 0 bridgehead atoms. The van der Waals surface area contributed by atoms with Crippen molar-refractivity contribution in [2.24, 2.45) is 0 Å². The number of aryl methyl sites for hydroxylation is 1. The maximum absolute atomic E-state index is 12.0. The van der Waals surface area contributed by atoms with Crippen LogP contribution in [0.4, 0.5) is 5.69 Å². The third-order valence-corrected chi connectivity index (χ3v) is 4.17. The molecular weight excluding hydrogens is 362 g/mol. The van der Waals surface area contributed by atoms with E-state index in [1.165, 1.54) is 0 Å². The summed E-state index contributed by atoms with van der Waals surface area (Å²) in [4.78, 5) is 23.9. The normalized spacial score (nSPS) is 12.6. The van der Waals surface area contributed by atoms with Gasteiger partial charge in [-0.25, -0.2) is 0 Å². The lowest BCUT2D eigenvalue weighted by Gasteiger charge is -2.10. The van der Waals surface area contributed by atoms with Crippen molar-refractivity contribution in [2.45, 2.75) is 19.3 Å². The predicted octanol–water partition coefficient (Wildman–Crippen LogP) is 2.97. The summed E-state index contributed by atoms with van der Waals surface area (Å²) in [5.74, 6) is 1.17. The van der Waals surface area contributed by atoms with E-state index in [2.05, 4.69) is 5.32 Å². The van der Waals surface area contributed by atoms with Crippen LogP contribution in [-0.2, 0) is 20.7 Å². The van der Waals surface area contributed by atoms with Crippen LogP contribution in [0.25, 0.3) is 0 Å². The van der Waals surface area contributed by atoms with Crippen molar-refractivity contribution in [3.8, 4) is 17.2 Å². The Morgan fingerprint density at radius 3 is 2.54 bits per heavy atom. The highest BCUT2D eigenvalue weighted by Gasteiger charge is 2.13. The lowest BCUT2D eigenvalue weighted by molar-refractivity contribution is -0.147. The Bertz CT molecular complexity index is 818. The van der Waals surface area contributed by atoms with Crippen molar-refractivity contribution < 1.29 is 28.5 Å². The van der Waals surface area contributed by atoms with Crippen LogP contribution >= 0.6 is 0 Å². The third-order valence-electron chi connectivity index (χ3n) is 4.17. The standard InChI is InChI=1S/C21H23NO6/c1-25-17-7-3-15(4-8-17)5-10-21(24)28-14-20(23)22-16-6-9-18-19(13-16)27-12-2-11-26-18/h3-4,6-9,13H,2,5,10-12,14H2,1H3,(H,22,23). The Morgan fingerprint density at radius 2 is 1.79 bits per heavy atom. The molecule has 7 nitrogen and oxygen atoms in total. The topological polar surface area (TPSA) is 83.1 Å². The number of hydrogen-bond donors (Lipinski definition) is 1. The van der Waals surface area contributed by atoms with E-state index in [0.717, 1.165) is 17.7 Å². The van der Waals surface area contributed by atoms with E-state index in [-0.39, 0.29) is 13.0 Å².